The molecule has 2 aliphatic rings. The van der Waals surface area contributed by atoms with E-state index in [1.165, 1.54) is 24.7 Å². The molecule has 0 N–H and O–H groups in total. The predicted molar refractivity (Wildman–Crippen MR) is 86.0 cm³/mol. The molecule has 1 aromatic rings. The van der Waals surface area contributed by atoms with Crippen molar-refractivity contribution in [2.24, 2.45) is 17.3 Å². The molecular weight excluding hydrogens is 276 g/mol. The first-order chi connectivity index (χ1) is 10.6. The number of fused-ring (bicyclic) bond motifs is 2. The summed E-state index contributed by atoms with van der Waals surface area (Å²) in [7, 11) is 3.24. The molecule has 3 atom stereocenters. The minimum absolute atomic E-state index is 0.0225. The smallest absolute Gasteiger partial charge is 0.311 e. The number of rotatable bonds is 2. The number of carbonyl (C=O) groups excluding carboxylic acids is 1. The van der Waals surface area contributed by atoms with E-state index in [9.17, 15) is 4.79 Å². The Kier molecular flexibility index (Phi) is 4.16. The monoisotopic (exact) mass is 302 g/mol. The van der Waals surface area contributed by atoms with Crippen LogP contribution in [0.25, 0.3) is 0 Å². The van der Waals surface area contributed by atoms with Crippen LogP contribution in [-0.2, 0) is 22.4 Å². The van der Waals surface area contributed by atoms with Gasteiger partial charge >= 0.3 is 5.97 Å². The topological polar surface area (TPSA) is 35.5 Å². The summed E-state index contributed by atoms with van der Waals surface area (Å²) in [5, 5.41) is 0. The maximum atomic E-state index is 12.4. The minimum Gasteiger partial charge on any atom is -0.497 e. The Morgan fingerprint density at radius 1 is 1.23 bits per heavy atom. The van der Waals surface area contributed by atoms with Crippen molar-refractivity contribution in [1.82, 2.24) is 0 Å². The van der Waals surface area contributed by atoms with Crippen LogP contribution in [0.15, 0.2) is 18.2 Å². The predicted octanol–water partition coefficient (Wildman–Crippen LogP) is 3.78. The lowest BCUT2D eigenvalue weighted by molar-refractivity contribution is -0.160. The maximum Gasteiger partial charge on any atom is 0.311 e. The van der Waals surface area contributed by atoms with Crippen LogP contribution in [0.5, 0.6) is 5.75 Å². The second-order valence-corrected chi connectivity index (χ2v) is 7.05. The van der Waals surface area contributed by atoms with E-state index in [-0.39, 0.29) is 11.4 Å². The Morgan fingerprint density at radius 3 is 2.77 bits per heavy atom. The SMILES string of the molecule is COC(=O)[C@@]1(C)CCC[C@@H]2Cc3ccc(OC)cc3CC[C@@H]21. The van der Waals surface area contributed by atoms with Gasteiger partial charge in [0.1, 0.15) is 5.75 Å². The zero-order valence-corrected chi connectivity index (χ0v) is 13.9. The Balaban J connectivity index is 1.91. The summed E-state index contributed by atoms with van der Waals surface area (Å²) in [5.74, 6) is 1.92. The van der Waals surface area contributed by atoms with Crippen molar-refractivity contribution in [2.75, 3.05) is 14.2 Å². The van der Waals surface area contributed by atoms with E-state index in [1.807, 2.05) is 0 Å². The molecule has 2 aliphatic carbocycles. The number of esters is 1. The molecule has 0 radical (unpaired) electrons. The van der Waals surface area contributed by atoms with Crippen molar-refractivity contribution in [3.8, 4) is 5.75 Å². The Morgan fingerprint density at radius 2 is 2.05 bits per heavy atom. The summed E-state index contributed by atoms with van der Waals surface area (Å²) >= 11 is 0. The molecular formula is C19H26O3. The van der Waals surface area contributed by atoms with E-state index in [4.69, 9.17) is 9.47 Å². The van der Waals surface area contributed by atoms with E-state index < -0.39 is 0 Å². The van der Waals surface area contributed by atoms with E-state index in [0.29, 0.717) is 11.8 Å². The van der Waals surface area contributed by atoms with Gasteiger partial charge in [-0.15, -0.1) is 0 Å². The van der Waals surface area contributed by atoms with E-state index >= 15 is 0 Å². The summed E-state index contributed by atoms with van der Waals surface area (Å²) in [5.41, 5.74) is 2.51. The number of hydrogen-bond acceptors (Lipinski definition) is 3. The van der Waals surface area contributed by atoms with Crippen LogP contribution in [0.3, 0.4) is 0 Å². The standard InChI is InChI=1S/C19H26O3/c1-19(18(20)22-3)10-4-5-15-11-13-6-8-16(21-2)12-14(13)7-9-17(15)19/h6,8,12,15,17H,4-5,7,9-11H2,1-3H3/t15-,17+,19+/m1/s1. The molecule has 3 heteroatoms. The van der Waals surface area contributed by atoms with Gasteiger partial charge in [0.25, 0.3) is 0 Å². The van der Waals surface area contributed by atoms with Gasteiger partial charge in [0.05, 0.1) is 19.6 Å². The Bertz CT molecular complexity index is 566. The molecule has 0 bridgehead atoms. The van der Waals surface area contributed by atoms with Crippen molar-refractivity contribution in [3.63, 3.8) is 0 Å². The molecule has 0 aromatic heterocycles. The van der Waals surface area contributed by atoms with E-state index in [0.717, 1.165) is 37.9 Å². The van der Waals surface area contributed by atoms with Crippen molar-refractivity contribution in [1.29, 1.82) is 0 Å². The normalized spacial score (nSPS) is 30.7. The average molecular weight is 302 g/mol. The highest BCUT2D eigenvalue weighted by atomic mass is 16.5. The average Bonchev–Trinajstić information content (AvgIpc) is 2.73. The molecule has 0 heterocycles. The molecule has 0 spiro atoms. The van der Waals surface area contributed by atoms with Gasteiger partial charge in [-0.05, 0) is 74.1 Å². The lowest BCUT2D eigenvalue weighted by atomic mass is 9.60. The van der Waals surface area contributed by atoms with Crippen LogP contribution < -0.4 is 4.74 Å². The second-order valence-electron chi connectivity index (χ2n) is 7.05. The van der Waals surface area contributed by atoms with Crippen LogP contribution in [-0.4, -0.2) is 20.2 Å². The highest BCUT2D eigenvalue weighted by Crippen LogP contribution is 2.50. The molecule has 1 aromatic carbocycles. The van der Waals surface area contributed by atoms with Crippen LogP contribution in [0.1, 0.15) is 43.7 Å². The van der Waals surface area contributed by atoms with Crippen LogP contribution in [0, 0.1) is 17.3 Å². The first-order valence-corrected chi connectivity index (χ1v) is 8.32. The molecule has 1 saturated carbocycles. The zero-order chi connectivity index (χ0) is 15.7. The molecule has 3 nitrogen and oxygen atoms in total. The van der Waals surface area contributed by atoms with E-state index in [2.05, 4.69) is 25.1 Å². The Labute approximate surface area is 133 Å². The minimum atomic E-state index is -0.316. The summed E-state index contributed by atoms with van der Waals surface area (Å²) in [4.78, 5) is 12.4. The quantitative estimate of drug-likeness (QED) is 0.780. The van der Waals surface area contributed by atoms with Crippen LogP contribution in [0.4, 0.5) is 0 Å². The van der Waals surface area contributed by atoms with Crippen LogP contribution >= 0.6 is 0 Å². The second kappa shape index (κ2) is 5.94. The third-order valence-corrected chi connectivity index (χ3v) is 5.93. The van der Waals surface area contributed by atoms with Gasteiger partial charge in [0.15, 0.2) is 0 Å². The summed E-state index contributed by atoms with van der Waals surface area (Å²) in [6, 6.07) is 6.43. The van der Waals surface area contributed by atoms with Gasteiger partial charge in [-0.25, -0.2) is 0 Å². The fourth-order valence-electron chi connectivity index (χ4n) is 4.68. The first kappa shape index (κ1) is 15.4. The lowest BCUT2D eigenvalue weighted by Crippen LogP contribution is -2.44. The highest BCUT2D eigenvalue weighted by Gasteiger charge is 2.48. The summed E-state index contributed by atoms with van der Waals surface area (Å²) < 4.78 is 10.5. The van der Waals surface area contributed by atoms with Crippen LogP contribution in [0.2, 0.25) is 0 Å². The third kappa shape index (κ3) is 2.51. The fraction of sp³-hybridized carbons (Fsp3) is 0.632. The summed E-state index contributed by atoms with van der Waals surface area (Å²) in [6.45, 7) is 2.12. The number of hydrogen-bond donors (Lipinski definition) is 0. The van der Waals surface area contributed by atoms with E-state index in [1.54, 1.807) is 7.11 Å². The maximum absolute atomic E-state index is 12.4. The number of carbonyl (C=O) groups is 1. The molecule has 0 saturated heterocycles. The zero-order valence-electron chi connectivity index (χ0n) is 13.9. The lowest BCUT2D eigenvalue weighted by Gasteiger charge is -2.43. The fourth-order valence-corrected chi connectivity index (χ4v) is 4.68. The molecule has 0 amide bonds. The largest absolute Gasteiger partial charge is 0.497 e. The summed E-state index contributed by atoms with van der Waals surface area (Å²) in [6.07, 6.45) is 6.48. The van der Waals surface area contributed by atoms with Crippen molar-refractivity contribution in [3.05, 3.63) is 29.3 Å². The molecule has 1 fully saturated rings. The molecule has 22 heavy (non-hydrogen) atoms. The van der Waals surface area contributed by atoms with Crippen molar-refractivity contribution in [2.45, 2.75) is 45.4 Å². The third-order valence-electron chi connectivity index (χ3n) is 5.93. The Hall–Kier alpha value is -1.51. The highest BCUT2D eigenvalue weighted by molar-refractivity contribution is 5.77. The molecule has 0 unspecified atom stereocenters. The van der Waals surface area contributed by atoms with Gasteiger partial charge in [-0.1, -0.05) is 12.5 Å². The van der Waals surface area contributed by atoms with Crippen molar-refractivity contribution >= 4 is 5.97 Å². The number of aryl methyl sites for hydroxylation is 1. The van der Waals surface area contributed by atoms with Crippen molar-refractivity contribution < 1.29 is 14.3 Å². The first-order valence-electron chi connectivity index (χ1n) is 8.32. The van der Waals surface area contributed by atoms with Gasteiger partial charge < -0.3 is 9.47 Å². The van der Waals surface area contributed by atoms with Gasteiger partial charge in [-0.2, -0.15) is 0 Å². The molecule has 3 rings (SSSR count). The van der Waals surface area contributed by atoms with Gasteiger partial charge in [-0.3, -0.25) is 4.79 Å². The number of benzene rings is 1. The molecule has 0 aliphatic heterocycles. The number of methoxy groups -OCH3 is 2. The van der Waals surface area contributed by atoms with Gasteiger partial charge in [0, 0.05) is 0 Å². The number of ether oxygens (including phenoxy) is 2. The molecule has 120 valence electrons. The van der Waals surface area contributed by atoms with Gasteiger partial charge in [0.2, 0.25) is 0 Å².